The van der Waals surface area contributed by atoms with Crippen molar-refractivity contribution >= 4 is 58.3 Å². The number of aromatic hydroxyl groups is 1. The zero-order chi connectivity index (χ0) is 37.1. The van der Waals surface area contributed by atoms with Gasteiger partial charge in [-0.05, 0) is 84.8 Å². The van der Waals surface area contributed by atoms with Crippen molar-refractivity contribution in [1.82, 2.24) is 30.2 Å². The number of amides is 3. The fourth-order valence-electron chi connectivity index (χ4n) is 4.41. The summed E-state index contributed by atoms with van der Waals surface area (Å²) in [5.41, 5.74) is 6.67. The van der Waals surface area contributed by atoms with Crippen LogP contribution in [0.4, 0.5) is 22.2 Å². The minimum atomic E-state index is -1.09. The van der Waals surface area contributed by atoms with E-state index in [0.29, 0.717) is 35.1 Å². The lowest BCUT2D eigenvalue weighted by Crippen LogP contribution is -2.55. The Bertz CT molecular complexity index is 1580. The summed E-state index contributed by atoms with van der Waals surface area (Å²) in [6.07, 6.45) is 2.88. The maximum atomic E-state index is 13.5. The number of carbonyl (C=O) groups excluding carboxylic acids is 3. The van der Waals surface area contributed by atoms with E-state index in [1.165, 1.54) is 16.3 Å². The maximum absolute atomic E-state index is 13.5. The molecule has 3 amide bonds. The summed E-state index contributed by atoms with van der Waals surface area (Å²) in [5, 5.41) is 21.9. The fraction of sp³-hybridized carbons (Fsp3) is 0.529. The molecule has 2 atom stereocenters. The zero-order valence-corrected chi connectivity index (χ0v) is 30.8. The van der Waals surface area contributed by atoms with Gasteiger partial charge in [0.15, 0.2) is 17.0 Å². The third-order valence-electron chi connectivity index (χ3n) is 6.82. The summed E-state index contributed by atoms with van der Waals surface area (Å²) in [6, 6.07) is 4.63. The first-order valence-electron chi connectivity index (χ1n) is 16.5. The van der Waals surface area contributed by atoms with Crippen molar-refractivity contribution in [2.75, 3.05) is 41.0 Å². The van der Waals surface area contributed by atoms with Gasteiger partial charge in [-0.25, -0.2) is 4.79 Å². The van der Waals surface area contributed by atoms with Gasteiger partial charge in [0.1, 0.15) is 17.7 Å². The average Bonchev–Trinajstić information content (AvgIpc) is 3.33. The van der Waals surface area contributed by atoms with E-state index in [2.05, 4.69) is 50.1 Å². The van der Waals surface area contributed by atoms with Crippen molar-refractivity contribution in [2.24, 2.45) is 0 Å². The van der Waals surface area contributed by atoms with Gasteiger partial charge in [-0.15, -0.1) is 0 Å². The van der Waals surface area contributed by atoms with Crippen LogP contribution in [0.15, 0.2) is 24.3 Å². The molecule has 1 aromatic carbocycles. The fourth-order valence-corrected chi connectivity index (χ4v) is 5.18. The minimum absolute atomic E-state index is 0.120. The Morgan fingerprint density at radius 3 is 2.34 bits per heavy atom. The lowest BCUT2D eigenvalue weighted by Gasteiger charge is -2.27. The Morgan fingerprint density at radius 2 is 1.72 bits per heavy atom. The molecule has 0 unspecified atom stereocenters. The monoisotopic (exact) mass is 713 g/mol. The smallest absolute Gasteiger partial charge is 0.408 e. The topological polar surface area (TPSA) is 208 Å². The Kier molecular flexibility index (Phi) is 14.5. The molecule has 2 radical (unpaired) electrons. The van der Waals surface area contributed by atoms with Crippen molar-refractivity contribution in [2.45, 2.75) is 91.1 Å². The Labute approximate surface area is 298 Å². The molecule has 3 aromatic rings. The third kappa shape index (κ3) is 12.9. The number of nitrogens with two attached hydrogens (primary N) is 1. The molecule has 50 heavy (non-hydrogen) atoms. The van der Waals surface area contributed by atoms with E-state index in [9.17, 15) is 19.5 Å². The quantitative estimate of drug-likeness (QED) is 0.108. The number of nitrogens with one attached hydrogen (secondary N) is 4. The molecule has 0 bridgehead atoms. The van der Waals surface area contributed by atoms with Crippen molar-refractivity contribution in [3.05, 3.63) is 43.2 Å². The van der Waals surface area contributed by atoms with Crippen LogP contribution in [0.3, 0.4) is 0 Å². The number of ether oxygens (including phenoxy) is 2. The number of nitrogen functional groups attached to an aromatic ring is 1. The van der Waals surface area contributed by atoms with Gasteiger partial charge in [-0.1, -0.05) is 25.5 Å². The highest BCUT2D eigenvalue weighted by molar-refractivity contribution is 7.99. The molecule has 3 rings (SSSR count). The molecule has 15 nitrogen and oxygen atoms in total. The third-order valence-corrected chi connectivity index (χ3v) is 7.86. The van der Waals surface area contributed by atoms with Gasteiger partial charge < -0.3 is 41.6 Å². The van der Waals surface area contributed by atoms with E-state index in [0.717, 1.165) is 18.4 Å². The van der Waals surface area contributed by atoms with E-state index >= 15 is 0 Å². The standard InChI is InChI=1S/C34H51N9O6S/c1-9-11-16-36-30-41-26(35)25-27(42-30)43(31(46)40-25)18-21-12-14-22(15-13-21)37-28(44)23(19-48-33(3,4)5)38-29(45)24(20-50-17-10-2)39-32(47)49-34(6,7)8/h10,12-15,23-24H,2,9,11,16-20H2,1,3-8H3,(H,37,44)(H,38,45)(H,39,47)(H,40,46)(H3,35,36,41,42)/t23-,24-/m0/s1. The van der Waals surface area contributed by atoms with Crippen LogP contribution in [0, 0.1) is 13.3 Å². The van der Waals surface area contributed by atoms with Crippen LogP contribution in [0.5, 0.6) is 6.01 Å². The number of rotatable bonds is 17. The van der Waals surface area contributed by atoms with Gasteiger partial charge in [-0.2, -0.15) is 26.7 Å². The number of unbranched alkanes of at least 4 members (excludes halogenated alkanes) is 1. The van der Waals surface area contributed by atoms with Gasteiger partial charge in [-0.3, -0.25) is 14.2 Å². The number of fused-ring (bicyclic) bond motifs is 1. The summed E-state index contributed by atoms with van der Waals surface area (Å²) in [5.74, 6) is 0.203. The minimum Gasteiger partial charge on any atom is -0.480 e. The maximum Gasteiger partial charge on any atom is 0.408 e. The van der Waals surface area contributed by atoms with Gasteiger partial charge in [0.05, 0.1) is 18.8 Å². The number of nitrogens with zero attached hydrogens (tertiary/aromatic N) is 4. The highest BCUT2D eigenvalue weighted by Gasteiger charge is 2.30. The molecule has 0 aliphatic carbocycles. The number of imidazole rings is 1. The molecule has 2 heterocycles. The van der Waals surface area contributed by atoms with E-state index < -0.39 is 41.2 Å². The van der Waals surface area contributed by atoms with E-state index in [-0.39, 0.29) is 30.7 Å². The average molecular weight is 714 g/mol. The normalized spacial score (nSPS) is 13.0. The molecular weight excluding hydrogens is 662 g/mol. The number of hydrogen-bond acceptors (Lipinski definition) is 12. The van der Waals surface area contributed by atoms with Gasteiger partial charge in [0.25, 0.3) is 6.01 Å². The zero-order valence-electron chi connectivity index (χ0n) is 30.0. The highest BCUT2D eigenvalue weighted by atomic mass is 32.2. The predicted octanol–water partition coefficient (Wildman–Crippen LogP) is 4.28. The molecule has 0 saturated carbocycles. The Balaban J connectivity index is 1.75. The summed E-state index contributed by atoms with van der Waals surface area (Å²) in [4.78, 5) is 52.4. The number of hydrogen-bond donors (Lipinski definition) is 6. The molecule has 7 N–H and O–H groups in total. The SMILES string of the molecule is [CH2][CH]CSC[C@H](NC(=O)OC(C)(C)C)C(=O)N[C@@H](COC(C)(C)C)C(=O)Nc1ccc(Cn2c(O)nc3c(N)nc(NCCCC)nc32)cc1. The van der Waals surface area contributed by atoms with Crippen LogP contribution in [-0.2, 0) is 25.6 Å². The van der Waals surface area contributed by atoms with Crippen molar-refractivity contribution < 1.29 is 29.0 Å². The number of anilines is 3. The first kappa shape index (κ1) is 40.1. The number of aromatic nitrogens is 4. The van der Waals surface area contributed by atoms with Crippen molar-refractivity contribution in [3.63, 3.8) is 0 Å². The van der Waals surface area contributed by atoms with E-state index in [4.69, 9.17) is 15.2 Å². The summed E-state index contributed by atoms with van der Waals surface area (Å²) in [6.45, 7) is 17.3. The number of carbonyl (C=O) groups is 3. The molecule has 0 aliphatic rings. The highest BCUT2D eigenvalue weighted by Crippen LogP contribution is 2.25. The molecule has 2 aromatic heterocycles. The first-order chi connectivity index (χ1) is 23.5. The van der Waals surface area contributed by atoms with Crippen LogP contribution in [0.25, 0.3) is 11.2 Å². The molecule has 0 spiro atoms. The Hall–Kier alpha value is -4.31. The molecule has 0 fully saturated rings. The Morgan fingerprint density at radius 1 is 1.02 bits per heavy atom. The number of benzene rings is 1. The van der Waals surface area contributed by atoms with E-state index in [1.54, 1.807) is 51.5 Å². The van der Waals surface area contributed by atoms with Gasteiger partial charge >= 0.3 is 6.09 Å². The summed E-state index contributed by atoms with van der Waals surface area (Å²) >= 11 is 1.40. The second-order valence-corrected chi connectivity index (χ2v) is 14.7. The van der Waals surface area contributed by atoms with Crippen LogP contribution in [0.2, 0.25) is 0 Å². The summed E-state index contributed by atoms with van der Waals surface area (Å²) < 4.78 is 12.8. The lowest BCUT2D eigenvalue weighted by atomic mass is 10.1. The number of alkyl carbamates (subject to hydrolysis) is 1. The molecule has 0 aliphatic heterocycles. The molecular formula is C34H51N9O6S. The van der Waals surface area contributed by atoms with Crippen molar-refractivity contribution in [3.8, 4) is 6.01 Å². The second-order valence-electron chi connectivity index (χ2n) is 13.6. The van der Waals surface area contributed by atoms with Crippen LogP contribution in [-0.4, -0.2) is 90.5 Å². The number of thioether (sulfide) groups is 1. The van der Waals surface area contributed by atoms with Crippen LogP contribution in [0.1, 0.15) is 66.9 Å². The van der Waals surface area contributed by atoms with Gasteiger partial charge in [0, 0.05) is 18.0 Å². The van der Waals surface area contributed by atoms with Crippen molar-refractivity contribution in [1.29, 1.82) is 0 Å². The molecule has 274 valence electrons. The van der Waals surface area contributed by atoms with E-state index in [1.807, 2.05) is 20.8 Å². The van der Waals surface area contributed by atoms with Crippen LogP contribution < -0.4 is 27.0 Å². The second kappa shape index (κ2) is 18.1. The molecule has 0 saturated heterocycles. The first-order valence-corrected chi connectivity index (χ1v) is 17.6. The largest absolute Gasteiger partial charge is 0.480 e. The summed E-state index contributed by atoms with van der Waals surface area (Å²) in [7, 11) is 0. The lowest BCUT2D eigenvalue weighted by molar-refractivity contribution is -0.130. The van der Waals surface area contributed by atoms with Crippen LogP contribution >= 0.6 is 11.8 Å². The molecule has 16 heteroatoms. The predicted molar refractivity (Wildman–Crippen MR) is 197 cm³/mol. The van der Waals surface area contributed by atoms with Gasteiger partial charge in [0.2, 0.25) is 17.8 Å².